The van der Waals surface area contributed by atoms with Gasteiger partial charge in [-0.1, -0.05) is 13.8 Å². The predicted molar refractivity (Wildman–Crippen MR) is 66.6 cm³/mol. The molecular formula is C12H24N2O3. The Hall–Kier alpha value is -1.10. The predicted octanol–water partition coefficient (Wildman–Crippen LogP) is 0.642. The van der Waals surface area contributed by atoms with Crippen LogP contribution in [0.4, 0.5) is 0 Å². The molecule has 100 valence electrons. The van der Waals surface area contributed by atoms with Crippen LogP contribution in [0.25, 0.3) is 0 Å². The molecule has 1 N–H and O–H groups in total. The zero-order valence-electron chi connectivity index (χ0n) is 11.4. The molecule has 0 fully saturated rings. The molecule has 0 rings (SSSR count). The minimum absolute atomic E-state index is 0.103. The van der Waals surface area contributed by atoms with E-state index in [1.807, 2.05) is 13.8 Å². The summed E-state index contributed by atoms with van der Waals surface area (Å²) in [4.78, 5) is 24.3. The average Bonchev–Trinajstić information content (AvgIpc) is 2.27. The number of nitrogens with zero attached hydrogens (tertiary/aromatic N) is 1. The average molecular weight is 244 g/mol. The summed E-state index contributed by atoms with van der Waals surface area (Å²) >= 11 is 0. The van der Waals surface area contributed by atoms with Crippen LogP contribution in [0.3, 0.4) is 0 Å². The largest absolute Gasteiger partial charge is 0.468 e. The first-order valence-electron chi connectivity index (χ1n) is 5.91. The molecule has 1 atom stereocenters. The number of methoxy groups -OCH3 is 1. The molecule has 0 saturated heterocycles. The summed E-state index contributed by atoms with van der Waals surface area (Å²) in [5.74, 6) is 0.0249. The lowest BCUT2D eigenvalue weighted by Gasteiger charge is -2.19. The minimum Gasteiger partial charge on any atom is -0.468 e. The van der Waals surface area contributed by atoms with Crippen molar-refractivity contribution in [1.29, 1.82) is 0 Å². The number of nitrogens with one attached hydrogen (secondary N) is 1. The quantitative estimate of drug-likeness (QED) is 0.527. The highest BCUT2D eigenvalue weighted by Crippen LogP contribution is 2.04. The van der Waals surface area contributed by atoms with Crippen molar-refractivity contribution in [2.24, 2.45) is 5.92 Å². The number of carbonyl (C=O) groups excluding carboxylic acids is 2. The van der Waals surface area contributed by atoms with Crippen LogP contribution in [0, 0.1) is 5.92 Å². The van der Waals surface area contributed by atoms with Gasteiger partial charge in [-0.15, -0.1) is 0 Å². The van der Waals surface area contributed by atoms with Crippen LogP contribution >= 0.6 is 0 Å². The van der Waals surface area contributed by atoms with Crippen LogP contribution in [-0.2, 0) is 14.3 Å². The third-order valence-corrected chi connectivity index (χ3v) is 2.55. The van der Waals surface area contributed by atoms with E-state index in [1.54, 1.807) is 19.0 Å². The molecule has 17 heavy (non-hydrogen) atoms. The molecule has 0 aromatic heterocycles. The number of carbonyl (C=O) groups is 2. The summed E-state index contributed by atoms with van der Waals surface area (Å²) < 4.78 is 4.71. The maximum atomic E-state index is 11.4. The first kappa shape index (κ1) is 15.9. The Balaban J connectivity index is 3.92. The molecule has 0 aromatic carbocycles. The minimum atomic E-state index is -0.297. The molecule has 0 saturated carbocycles. The molecule has 1 unspecified atom stereocenters. The molecular weight excluding hydrogens is 220 g/mol. The SMILES string of the molecule is COC(=O)C(NCCCC(=O)N(C)C)C(C)C. The lowest BCUT2D eigenvalue weighted by atomic mass is 10.0. The molecule has 0 aliphatic carbocycles. The third-order valence-electron chi connectivity index (χ3n) is 2.55. The highest BCUT2D eigenvalue weighted by atomic mass is 16.5. The van der Waals surface area contributed by atoms with E-state index < -0.39 is 0 Å². The fraction of sp³-hybridized carbons (Fsp3) is 0.833. The van der Waals surface area contributed by atoms with E-state index in [9.17, 15) is 9.59 Å². The molecule has 0 heterocycles. The fourth-order valence-electron chi connectivity index (χ4n) is 1.44. The Morgan fingerprint density at radius 3 is 2.29 bits per heavy atom. The van der Waals surface area contributed by atoms with E-state index >= 15 is 0 Å². The van der Waals surface area contributed by atoms with Crippen LogP contribution in [0.1, 0.15) is 26.7 Å². The Kier molecular flexibility index (Phi) is 7.54. The van der Waals surface area contributed by atoms with Gasteiger partial charge in [0.2, 0.25) is 5.91 Å². The van der Waals surface area contributed by atoms with E-state index in [-0.39, 0.29) is 23.8 Å². The number of hydrogen-bond donors (Lipinski definition) is 1. The van der Waals surface area contributed by atoms with Gasteiger partial charge in [-0.25, -0.2) is 0 Å². The number of hydrogen-bond acceptors (Lipinski definition) is 4. The van der Waals surface area contributed by atoms with Gasteiger partial charge < -0.3 is 15.0 Å². The molecule has 5 heteroatoms. The van der Waals surface area contributed by atoms with E-state index in [2.05, 4.69) is 5.32 Å². The number of esters is 1. The molecule has 1 amide bonds. The van der Waals surface area contributed by atoms with E-state index in [0.29, 0.717) is 13.0 Å². The van der Waals surface area contributed by atoms with Crippen LogP contribution in [0.5, 0.6) is 0 Å². The second kappa shape index (κ2) is 8.06. The highest BCUT2D eigenvalue weighted by Gasteiger charge is 2.21. The monoisotopic (exact) mass is 244 g/mol. The third kappa shape index (κ3) is 6.26. The molecule has 0 aromatic rings. The van der Waals surface area contributed by atoms with Crippen molar-refractivity contribution in [3.63, 3.8) is 0 Å². The van der Waals surface area contributed by atoms with Gasteiger partial charge in [0.1, 0.15) is 6.04 Å². The van der Waals surface area contributed by atoms with Gasteiger partial charge in [-0.05, 0) is 18.9 Å². The zero-order valence-corrected chi connectivity index (χ0v) is 11.4. The van der Waals surface area contributed by atoms with Gasteiger partial charge in [0.05, 0.1) is 7.11 Å². The Labute approximate surface area is 103 Å². The summed E-state index contributed by atoms with van der Waals surface area (Å²) in [6.45, 7) is 4.55. The lowest BCUT2D eigenvalue weighted by molar-refractivity contribution is -0.144. The molecule has 5 nitrogen and oxygen atoms in total. The number of rotatable bonds is 7. The number of amides is 1. The van der Waals surface area contributed by atoms with Gasteiger partial charge in [0.25, 0.3) is 0 Å². The standard InChI is InChI=1S/C12H24N2O3/c1-9(2)11(12(16)17-5)13-8-6-7-10(15)14(3)4/h9,11,13H,6-8H2,1-5H3. The maximum absolute atomic E-state index is 11.4. The maximum Gasteiger partial charge on any atom is 0.323 e. The Morgan fingerprint density at radius 1 is 1.29 bits per heavy atom. The topological polar surface area (TPSA) is 58.6 Å². The molecule has 0 aliphatic heterocycles. The second-order valence-electron chi connectivity index (χ2n) is 4.59. The van der Waals surface area contributed by atoms with Crippen molar-refractivity contribution in [2.75, 3.05) is 27.7 Å². The van der Waals surface area contributed by atoms with Crippen LogP contribution < -0.4 is 5.32 Å². The number of ether oxygens (including phenoxy) is 1. The Bertz CT molecular complexity index is 252. The molecule has 0 bridgehead atoms. The Morgan fingerprint density at radius 2 is 1.88 bits per heavy atom. The first-order chi connectivity index (χ1) is 7.90. The van der Waals surface area contributed by atoms with E-state index in [1.165, 1.54) is 7.11 Å². The van der Waals surface area contributed by atoms with Gasteiger partial charge in [0, 0.05) is 20.5 Å². The van der Waals surface area contributed by atoms with Gasteiger partial charge in [-0.2, -0.15) is 0 Å². The molecule has 0 aliphatic rings. The van der Waals surface area contributed by atoms with Crippen molar-refractivity contribution in [3.05, 3.63) is 0 Å². The lowest BCUT2D eigenvalue weighted by Crippen LogP contribution is -2.42. The first-order valence-corrected chi connectivity index (χ1v) is 5.91. The summed E-state index contributed by atoms with van der Waals surface area (Å²) in [7, 11) is 4.86. The van der Waals surface area contributed by atoms with E-state index in [0.717, 1.165) is 6.42 Å². The van der Waals surface area contributed by atoms with Crippen molar-refractivity contribution >= 4 is 11.9 Å². The fourth-order valence-corrected chi connectivity index (χ4v) is 1.44. The highest BCUT2D eigenvalue weighted by molar-refractivity contribution is 5.76. The summed E-state index contributed by atoms with van der Waals surface area (Å²) in [5, 5.41) is 3.12. The van der Waals surface area contributed by atoms with Crippen molar-refractivity contribution in [2.45, 2.75) is 32.7 Å². The van der Waals surface area contributed by atoms with Crippen LogP contribution in [0.2, 0.25) is 0 Å². The molecule has 0 radical (unpaired) electrons. The summed E-state index contributed by atoms with van der Waals surface area (Å²) in [6.07, 6.45) is 1.21. The van der Waals surface area contributed by atoms with Crippen molar-refractivity contribution in [3.8, 4) is 0 Å². The normalized spacial score (nSPS) is 12.4. The van der Waals surface area contributed by atoms with Gasteiger partial charge >= 0.3 is 5.97 Å². The summed E-state index contributed by atoms with van der Waals surface area (Å²) in [6, 6.07) is -0.297. The van der Waals surface area contributed by atoms with Crippen molar-refractivity contribution in [1.82, 2.24) is 10.2 Å². The van der Waals surface area contributed by atoms with Crippen LogP contribution in [0.15, 0.2) is 0 Å². The molecule has 0 spiro atoms. The van der Waals surface area contributed by atoms with Crippen LogP contribution in [-0.4, -0.2) is 50.6 Å². The smallest absolute Gasteiger partial charge is 0.323 e. The van der Waals surface area contributed by atoms with Crippen molar-refractivity contribution < 1.29 is 14.3 Å². The van der Waals surface area contributed by atoms with Gasteiger partial charge in [0.15, 0.2) is 0 Å². The zero-order chi connectivity index (χ0) is 13.4. The van der Waals surface area contributed by atoms with Gasteiger partial charge in [-0.3, -0.25) is 9.59 Å². The van der Waals surface area contributed by atoms with E-state index in [4.69, 9.17) is 4.74 Å². The summed E-state index contributed by atoms with van der Waals surface area (Å²) in [5.41, 5.74) is 0. The second-order valence-corrected chi connectivity index (χ2v) is 4.59.